The summed E-state index contributed by atoms with van der Waals surface area (Å²) in [6, 6.07) is 7.91. The fraction of sp³-hybridized carbons (Fsp3) is 0.308. The molecule has 2 N–H and O–H groups in total. The van der Waals surface area contributed by atoms with Crippen molar-refractivity contribution in [3.63, 3.8) is 0 Å². The topological polar surface area (TPSA) is 52.0 Å². The van der Waals surface area contributed by atoms with Crippen LogP contribution in [-0.2, 0) is 6.42 Å². The van der Waals surface area contributed by atoms with Crippen molar-refractivity contribution in [1.82, 2.24) is 5.16 Å². The molecule has 90 valence electrons. The van der Waals surface area contributed by atoms with Crippen molar-refractivity contribution in [2.75, 3.05) is 5.73 Å². The smallest absolute Gasteiger partial charge is 0.173 e. The number of nitrogen functional groups attached to an aromatic ring is 1. The lowest BCUT2D eigenvalue weighted by molar-refractivity contribution is 0.434. The van der Waals surface area contributed by atoms with Crippen molar-refractivity contribution >= 4 is 21.7 Å². The summed E-state index contributed by atoms with van der Waals surface area (Å²) in [5.41, 5.74) is 7.84. The Balaban J connectivity index is 2.49. The zero-order valence-corrected chi connectivity index (χ0v) is 11.5. The van der Waals surface area contributed by atoms with E-state index in [0.29, 0.717) is 11.7 Å². The van der Waals surface area contributed by atoms with Gasteiger partial charge in [-0.3, -0.25) is 0 Å². The Bertz CT molecular complexity index is 520. The van der Waals surface area contributed by atoms with E-state index in [0.717, 1.165) is 27.8 Å². The second-order valence-electron chi connectivity index (χ2n) is 4.45. The van der Waals surface area contributed by atoms with Gasteiger partial charge in [-0.05, 0) is 24.5 Å². The zero-order valence-electron chi connectivity index (χ0n) is 9.90. The molecule has 0 aliphatic carbocycles. The van der Waals surface area contributed by atoms with Gasteiger partial charge in [0, 0.05) is 15.6 Å². The molecule has 0 radical (unpaired) electrons. The average molecular weight is 295 g/mol. The molecule has 0 spiro atoms. The monoisotopic (exact) mass is 294 g/mol. The van der Waals surface area contributed by atoms with Crippen molar-refractivity contribution in [1.29, 1.82) is 0 Å². The van der Waals surface area contributed by atoms with Crippen molar-refractivity contribution in [2.24, 2.45) is 5.92 Å². The van der Waals surface area contributed by atoms with E-state index in [1.54, 1.807) is 0 Å². The number of rotatable bonds is 3. The quantitative estimate of drug-likeness (QED) is 0.934. The highest BCUT2D eigenvalue weighted by atomic mass is 79.9. The molecule has 1 aromatic carbocycles. The van der Waals surface area contributed by atoms with Crippen molar-refractivity contribution in [2.45, 2.75) is 20.3 Å². The minimum Gasteiger partial charge on any atom is -0.381 e. The summed E-state index contributed by atoms with van der Waals surface area (Å²) >= 11 is 3.51. The van der Waals surface area contributed by atoms with Gasteiger partial charge in [-0.15, -0.1) is 0 Å². The van der Waals surface area contributed by atoms with Gasteiger partial charge in [-0.25, -0.2) is 0 Å². The predicted molar refractivity (Wildman–Crippen MR) is 72.6 cm³/mol. The number of benzene rings is 1. The number of aromatic nitrogens is 1. The van der Waals surface area contributed by atoms with Crippen LogP contribution in [0.2, 0.25) is 0 Å². The highest BCUT2D eigenvalue weighted by Crippen LogP contribution is 2.34. The van der Waals surface area contributed by atoms with Gasteiger partial charge in [0.2, 0.25) is 0 Å². The van der Waals surface area contributed by atoms with E-state index in [2.05, 4.69) is 34.9 Å². The summed E-state index contributed by atoms with van der Waals surface area (Å²) in [6.45, 7) is 4.30. The second kappa shape index (κ2) is 4.92. The summed E-state index contributed by atoms with van der Waals surface area (Å²) < 4.78 is 6.35. The van der Waals surface area contributed by atoms with Crippen LogP contribution in [-0.4, -0.2) is 5.16 Å². The van der Waals surface area contributed by atoms with E-state index in [4.69, 9.17) is 10.3 Å². The SMILES string of the molecule is CC(C)Cc1c(N)noc1-c1ccccc1Br. The van der Waals surface area contributed by atoms with Gasteiger partial charge >= 0.3 is 0 Å². The first-order chi connectivity index (χ1) is 8.09. The average Bonchev–Trinajstić information content (AvgIpc) is 2.61. The summed E-state index contributed by atoms with van der Waals surface area (Å²) in [5, 5.41) is 3.87. The lowest BCUT2D eigenvalue weighted by Gasteiger charge is -2.06. The third-order valence-electron chi connectivity index (χ3n) is 2.55. The molecule has 2 rings (SSSR count). The lowest BCUT2D eigenvalue weighted by Crippen LogP contribution is -1.99. The Hall–Kier alpha value is -1.29. The van der Waals surface area contributed by atoms with Crippen LogP contribution < -0.4 is 5.73 Å². The molecule has 17 heavy (non-hydrogen) atoms. The third-order valence-corrected chi connectivity index (χ3v) is 3.24. The van der Waals surface area contributed by atoms with Gasteiger partial charge in [0.1, 0.15) is 0 Å². The third kappa shape index (κ3) is 2.52. The highest BCUT2D eigenvalue weighted by molar-refractivity contribution is 9.10. The highest BCUT2D eigenvalue weighted by Gasteiger charge is 2.18. The van der Waals surface area contributed by atoms with Crippen LogP contribution in [0.4, 0.5) is 5.82 Å². The molecule has 1 aromatic heterocycles. The Morgan fingerprint density at radius 1 is 1.35 bits per heavy atom. The van der Waals surface area contributed by atoms with Gasteiger partial charge in [0.25, 0.3) is 0 Å². The van der Waals surface area contributed by atoms with Gasteiger partial charge in [0.15, 0.2) is 11.6 Å². The fourth-order valence-electron chi connectivity index (χ4n) is 1.78. The molecule has 0 unspecified atom stereocenters. The van der Waals surface area contributed by atoms with Gasteiger partial charge in [-0.1, -0.05) is 47.1 Å². The Morgan fingerprint density at radius 3 is 2.71 bits per heavy atom. The van der Waals surface area contributed by atoms with Crippen LogP contribution in [0.25, 0.3) is 11.3 Å². The maximum atomic E-state index is 5.86. The number of nitrogens with two attached hydrogens (primary N) is 1. The molecule has 0 saturated heterocycles. The summed E-state index contributed by atoms with van der Waals surface area (Å²) in [6.07, 6.45) is 0.867. The van der Waals surface area contributed by atoms with E-state index in [1.807, 2.05) is 24.3 Å². The Labute approximate surface area is 109 Å². The summed E-state index contributed by atoms with van der Waals surface area (Å²) in [5.74, 6) is 1.77. The molecule has 0 aliphatic rings. The molecule has 0 saturated carbocycles. The molecule has 2 aromatic rings. The van der Waals surface area contributed by atoms with Crippen LogP contribution in [0.3, 0.4) is 0 Å². The molecule has 1 heterocycles. The molecule has 0 bridgehead atoms. The largest absolute Gasteiger partial charge is 0.381 e. The minimum absolute atomic E-state index is 0.490. The maximum absolute atomic E-state index is 5.86. The van der Waals surface area contributed by atoms with Crippen LogP contribution in [0, 0.1) is 5.92 Å². The molecule has 0 aliphatic heterocycles. The summed E-state index contributed by atoms with van der Waals surface area (Å²) in [7, 11) is 0. The first-order valence-corrected chi connectivity index (χ1v) is 6.37. The van der Waals surface area contributed by atoms with Gasteiger partial charge < -0.3 is 10.3 Å². The molecule has 0 atom stereocenters. The fourth-order valence-corrected chi connectivity index (χ4v) is 2.25. The maximum Gasteiger partial charge on any atom is 0.173 e. The van der Waals surface area contributed by atoms with Crippen LogP contribution in [0.15, 0.2) is 33.3 Å². The predicted octanol–water partition coefficient (Wildman–Crippen LogP) is 3.88. The van der Waals surface area contributed by atoms with Gasteiger partial charge in [-0.2, -0.15) is 0 Å². The van der Waals surface area contributed by atoms with E-state index in [9.17, 15) is 0 Å². The number of anilines is 1. The van der Waals surface area contributed by atoms with E-state index >= 15 is 0 Å². The first kappa shape index (κ1) is 12.2. The van der Waals surface area contributed by atoms with Gasteiger partial charge in [0.05, 0.1) is 0 Å². The lowest BCUT2D eigenvalue weighted by atomic mass is 10.00. The number of halogens is 1. The second-order valence-corrected chi connectivity index (χ2v) is 5.31. The molecule has 0 fully saturated rings. The number of hydrogen-bond acceptors (Lipinski definition) is 3. The Morgan fingerprint density at radius 2 is 2.06 bits per heavy atom. The number of nitrogens with zero attached hydrogens (tertiary/aromatic N) is 1. The number of hydrogen-bond donors (Lipinski definition) is 1. The van der Waals surface area contributed by atoms with E-state index < -0.39 is 0 Å². The first-order valence-electron chi connectivity index (χ1n) is 5.58. The molecule has 3 nitrogen and oxygen atoms in total. The zero-order chi connectivity index (χ0) is 12.4. The van der Waals surface area contributed by atoms with Crippen LogP contribution in [0.1, 0.15) is 19.4 Å². The molecule has 4 heteroatoms. The van der Waals surface area contributed by atoms with Crippen molar-refractivity contribution < 1.29 is 4.52 Å². The van der Waals surface area contributed by atoms with Crippen molar-refractivity contribution in [3.05, 3.63) is 34.3 Å². The molecular formula is C13H15BrN2O. The Kier molecular flexibility index (Phi) is 3.52. The van der Waals surface area contributed by atoms with Crippen LogP contribution in [0.5, 0.6) is 0 Å². The standard InChI is InChI=1S/C13H15BrN2O/c1-8(2)7-10-12(17-16-13(10)15)9-5-3-4-6-11(9)14/h3-6,8H,7H2,1-2H3,(H2,15,16). The van der Waals surface area contributed by atoms with Crippen LogP contribution >= 0.6 is 15.9 Å². The van der Waals surface area contributed by atoms with E-state index in [1.165, 1.54) is 0 Å². The normalized spacial score (nSPS) is 11.1. The minimum atomic E-state index is 0.490. The molecular weight excluding hydrogens is 280 g/mol. The summed E-state index contributed by atoms with van der Waals surface area (Å²) in [4.78, 5) is 0. The molecule has 0 amide bonds. The van der Waals surface area contributed by atoms with E-state index in [-0.39, 0.29) is 0 Å². The van der Waals surface area contributed by atoms with Crippen molar-refractivity contribution in [3.8, 4) is 11.3 Å².